The minimum atomic E-state index is -1.15. The Hall–Kier alpha value is -5.27. The quantitative estimate of drug-likeness (QED) is 0.171. The van der Waals surface area contributed by atoms with Gasteiger partial charge in [-0.3, -0.25) is 19.2 Å². The molecule has 0 aliphatic carbocycles. The van der Waals surface area contributed by atoms with Gasteiger partial charge in [-0.2, -0.15) is 0 Å². The van der Waals surface area contributed by atoms with Crippen LogP contribution in [0.2, 0.25) is 0 Å². The standard InChI is InChI=1S/C33H38N4O10/c1-18(2)27(29(41)31-34-22-8-5-6-10-24(22)47-31)36-30(42)23-9-7-15-37(23)32(43)28(19(3)4)35-25(38)16-46-33(44)20-11-13-21(14-12-20)45-17-26(39)40/h5-6,8,10-14,18-19,23,27-28H,7,9,15-17H2,1-4H3,(H,35,38)(H,36,42)(H,39,40)/t23-,27-,28-/m0/s1. The first-order valence-electron chi connectivity index (χ1n) is 15.3. The van der Waals surface area contributed by atoms with Gasteiger partial charge in [0.2, 0.25) is 17.6 Å². The normalized spacial score (nSPS) is 15.7. The van der Waals surface area contributed by atoms with Crippen LogP contribution in [0.25, 0.3) is 11.1 Å². The molecule has 1 aliphatic heterocycles. The van der Waals surface area contributed by atoms with Crippen LogP contribution in [-0.4, -0.2) is 88.3 Å². The van der Waals surface area contributed by atoms with Gasteiger partial charge in [0, 0.05) is 6.54 Å². The van der Waals surface area contributed by atoms with Crippen LogP contribution in [0.3, 0.4) is 0 Å². The summed E-state index contributed by atoms with van der Waals surface area (Å²) >= 11 is 0. The number of para-hydroxylation sites is 2. The molecule has 2 aromatic carbocycles. The van der Waals surface area contributed by atoms with Crippen molar-refractivity contribution < 1.29 is 47.8 Å². The summed E-state index contributed by atoms with van der Waals surface area (Å²) in [7, 11) is 0. The molecule has 47 heavy (non-hydrogen) atoms. The molecule has 0 bridgehead atoms. The number of hydrogen-bond donors (Lipinski definition) is 3. The number of nitrogens with one attached hydrogen (secondary N) is 2. The predicted molar refractivity (Wildman–Crippen MR) is 166 cm³/mol. The number of hydrogen-bond acceptors (Lipinski definition) is 10. The fraction of sp³-hybridized carbons (Fsp3) is 0.424. The first-order chi connectivity index (χ1) is 22.3. The zero-order valence-electron chi connectivity index (χ0n) is 26.6. The van der Waals surface area contributed by atoms with Crippen molar-refractivity contribution in [1.29, 1.82) is 0 Å². The van der Waals surface area contributed by atoms with E-state index in [1.165, 1.54) is 29.2 Å². The number of esters is 1. The first-order valence-corrected chi connectivity index (χ1v) is 15.3. The summed E-state index contributed by atoms with van der Waals surface area (Å²) in [6.45, 7) is 6.12. The maximum Gasteiger partial charge on any atom is 0.341 e. The monoisotopic (exact) mass is 650 g/mol. The minimum absolute atomic E-state index is 0.108. The second-order valence-corrected chi connectivity index (χ2v) is 11.8. The van der Waals surface area contributed by atoms with E-state index in [0.29, 0.717) is 23.9 Å². The number of Topliss-reactive ketones (excluding diaryl/α,β-unsaturated/α-hetero) is 1. The van der Waals surface area contributed by atoms with E-state index in [-0.39, 0.29) is 35.6 Å². The Labute approximate surface area is 270 Å². The van der Waals surface area contributed by atoms with E-state index in [2.05, 4.69) is 15.6 Å². The van der Waals surface area contributed by atoms with Gasteiger partial charge in [0.15, 0.2) is 18.8 Å². The van der Waals surface area contributed by atoms with Crippen LogP contribution >= 0.6 is 0 Å². The fourth-order valence-corrected chi connectivity index (χ4v) is 5.15. The van der Waals surface area contributed by atoms with Crippen molar-refractivity contribution in [2.45, 2.75) is 58.7 Å². The van der Waals surface area contributed by atoms with Gasteiger partial charge in [-0.1, -0.05) is 39.8 Å². The van der Waals surface area contributed by atoms with Gasteiger partial charge in [0.1, 0.15) is 23.3 Å². The molecule has 4 rings (SSSR count). The van der Waals surface area contributed by atoms with Crippen LogP contribution in [0, 0.1) is 11.8 Å². The Bertz CT molecular complexity index is 1600. The zero-order valence-corrected chi connectivity index (χ0v) is 26.6. The average molecular weight is 651 g/mol. The Morgan fingerprint density at radius 1 is 0.936 bits per heavy atom. The number of carbonyl (C=O) groups is 6. The molecule has 1 fully saturated rings. The largest absolute Gasteiger partial charge is 0.482 e. The molecule has 0 saturated carbocycles. The summed E-state index contributed by atoms with van der Waals surface area (Å²) in [5.74, 6) is -4.67. The van der Waals surface area contributed by atoms with Gasteiger partial charge >= 0.3 is 11.9 Å². The van der Waals surface area contributed by atoms with E-state index in [0.717, 1.165) is 0 Å². The molecule has 0 spiro atoms. The van der Waals surface area contributed by atoms with Gasteiger partial charge in [-0.05, 0) is 61.1 Å². The van der Waals surface area contributed by atoms with Crippen LogP contribution < -0.4 is 15.4 Å². The molecular weight excluding hydrogens is 612 g/mol. The van der Waals surface area contributed by atoms with Crippen molar-refractivity contribution in [2.24, 2.45) is 11.8 Å². The number of fused-ring (bicyclic) bond motifs is 1. The van der Waals surface area contributed by atoms with Crippen LogP contribution in [0.15, 0.2) is 52.9 Å². The summed E-state index contributed by atoms with van der Waals surface area (Å²) in [6.07, 6.45) is 0.918. The zero-order chi connectivity index (χ0) is 34.2. The molecule has 1 aromatic heterocycles. The number of ketones is 1. The van der Waals surface area contributed by atoms with E-state index in [4.69, 9.17) is 19.0 Å². The molecular formula is C33H38N4O10. The van der Waals surface area contributed by atoms with Gasteiger partial charge in [0.25, 0.3) is 11.8 Å². The third kappa shape index (κ3) is 8.71. The summed E-state index contributed by atoms with van der Waals surface area (Å²) < 4.78 is 15.8. The molecule has 1 aliphatic rings. The topological polar surface area (TPSA) is 194 Å². The third-order valence-corrected chi connectivity index (χ3v) is 7.63. The van der Waals surface area contributed by atoms with Gasteiger partial charge in [0.05, 0.1) is 11.6 Å². The number of carboxylic acid groups (broad SMARTS) is 1. The number of carbonyl (C=O) groups excluding carboxylic acids is 5. The number of ether oxygens (including phenoxy) is 2. The van der Waals surface area contributed by atoms with Crippen molar-refractivity contribution in [2.75, 3.05) is 19.8 Å². The molecule has 1 saturated heterocycles. The lowest BCUT2D eigenvalue weighted by Gasteiger charge is -2.31. The van der Waals surface area contributed by atoms with Gasteiger partial charge in [-0.25, -0.2) is 14.6 Å². The molecule has 14 nitrogen and oxygen atoms in total. The van der Waals surface area contributed by atoms with E-state index < -0.39 is 66.8 Å². The lowest BCUT2D eigenvalue weighted by Crippen LogP contribution is -2.57. The second-order valence-electron chi connectivity index (χ2n) is 11.8. The Morgan fingerprint density at radius 2 is 1.62 bits per heavy atom. The van der Waals surface area contributed by atoms with E-state index in [1.807, 2.05) is 0 Å². The van der Waals surface area contributed by atoms with E-state index in [9.17, 15) is 28.8 Å². The number of benzene rings is 2. The summed E-state index contributed by atoms with van der Waals surface area (Å²) in [4.78, 5) is 82.0. The van der Waals surface area contributed by atoms with Crippen molar-refractivity contribution >= 4 is 46.5 Å². The summed E-state index contributed by atoms with van der Waals surface area (Å²) in [5.41, 5.74) is 1.08. The van der Waals surface area contributed by atoms with Gasteiger partial charge in [-0.15, -0.1) is 0 Å². The molecule has 0 radical (unpaired) electrons. The number of likely N-dealkylation sites (tertiary alicyclic amines) is 1. The highest BCUT2D eigenvalue weighted by atomic mass is 16.5. The number of oxazole rings is 1. The van der Waals surface area contributed by atoms with Crippen LogP contribution in [0.4, 0.5) is 0 Å². The van der Waals surface area contributed by atoms with Crippen molar-refractivity contribution in [3.63, 3.8) is 0 Å². The molecule has 250 valence electrons. The smallest absolute Gasteiger partial charge is 0.341 e. The number of carboxylic acids is 1. The summed E-state index contributed by atoms with van der Waals surface area (Å²) in [5, 5.41) is 14.1. The number of aromatic nitrogens is 1. The lowest BCUT2D eigenvalue weighted by atomic mass is 9.98. The van der Waals surface area contributed by atoms with Crippen LogP contribution in [0.5, 0.6) is 5.75 Å². The number of amides is 3. The Morgan fingerprint density at radius 3 is 2.26 bits per heavy atom. The highest BCUT2D eigenvalue weighted by Gasteiger charge is 2.40. The second kappa shape index (κ2) is 15.3. The Kier molecular flexibility index (Phi) is 11.3. The molecule has 3 aromatic rings. The lowest BCUT2D eigenvalue weighted by molar-refractivity contribution is -0.143. The molecule has 14 heteroatoms. The molecule has 3 N–H and O–H groups in total. The minimum Gasteiger partial charge on any atom is -0.482 e. The number of nitrogens with zero attached hydrogens (tertiary/aromatic N) is 2. The van der Waals surface area contributed by atoms with Crippen molar-refractivity contribution in [3.8, 4) is 5.75 Å². The molecule has 3 amide bonds. The Balaban J connectivity index is 1.35. The van der Waals surface area contributed by atoms with Crippen molar-refractivity contribution in [1.82, 2.24) is 20.5 Å². The maximum atomic E-state index is 13.7. The molecule has 2 heterocycles. The maximum absolute atomic E-state index is 13.7. The SMILES string of the molecule is CC(C)[C@H](NC(=O)[C@@H]1CCCN1C(=O)[C@@H](NC(=O)COC(=O)c1ccc(OCC(=O)O)cc1)C(C)C)C(=O)c1nc2ccccc2o1. The van der Waals surface area contributed by atoms with E-state index in [1.54, 1.807) is 52.0 Å². The average Bonchev–Trinajstić information content (AvgIpc) is 3.71. The fourth-order valence-electron chi connectivity index (χ4n) is 5.15. The molecule has 0 unspecified atom stereocenters. The van der Waals surface area contributed by atoms with Crippen LogP contribution in [-0.2, 0) is 23.9 Å². The highest BCUT2D eigenvalue weighted by Crippen LogP contribution is 2.23. The molecule has 3 atom stereocenters. The van der Waals surface area contributed by atoms with Gasteiger partial charge < -0.3 is 34.5 Å². The number of rotatable bonds is 14. The first kappa shape index (κ1) is 34.6. The third-order valence-electron chi connectivity index (χ3n) is 7.63. The van der Waals surface area contributed by atoms with Crippen LogP contribution in [0.1, 0.15) is 61.6 Å². The number of aliphatic carboxylic acids is 1. The highest BCUT2D eigenvalue weighted by molar-refractivity contribution is 6.01. The van der Waals surface area contributed by atoms with Crippen molar-refractivity contribution in [3.05, 3.63) is 60.0 Å². The predicted octanol–water partition coefficient (Wildman–Crippen LogP) is 2.60. The summed E-state index contributed by atoms with van der Waals surface area (Å²) in [6, 6.07) is 9.64. The van der Waals surface area contributed by atoms with E-state index >= 15 is 0 Å².